The fourth-order valence-corrected chi connectivity index (χ4v) is 1.99. The Labute approximate surface area is 166 Å². The molecule has 198 valence electrons. The molecular formula is C10HF19O3S. The van der Waals surface area contributed by atoms with Crippen molar-refractivity contribution in [1.29, 1.82) is 0 Å². The highest BCUT2D eigenvalue weighted by molar-refractivity contribution is 7.87. The fourth-order valence-electron chi connectivity index (χ4n) is 1.53. The minimum Gasteiger partial charge on any atom is -0.281 e. The van der Waals surface area contributed by atoms with Crippen LogP contribution in [0.15, 0.2) is 11.7 Å². The Hall–Kier alpha value is -1.68. The predicted molar refractivity (Wildman–Crippen MR) is 61.5 cm³/mol. The second kappa shape index (κ2) is 7.66. The summed E-state index contributed by atoms with van der Waals surface area (Å²) in [4.78, 5) is 0. The van der Waals surface area contributed by atoms with E-state index in [4.69, 9.17) is 4.55 Å². The van der Waals surface area contributed by atoms with Gasteiger partial charge >= 0.3 is 57.1 Å². The average Bonchev–Trinajstić information content (AvgIpc) is 2.57. The van der Waals surface area contributed by atoms with Gasteiger partial charge in [-0.1, -0.05) is 0 Å². The molecule has 0 aliphatic rings. The summed E-state index contributed by atoms with van der Waals surface area (Å²) in [6, 6.07) is 0. The lowest BCUT2D eigenvalue weighted by molar-refractivity contribution is -0.433. The Morgan fingerprint density at radius 3 is 1.03 bits per heavy atom. The normalized spacial score (nSPS) is 17.2. The standard InChI is InChI=1S/C10HF19O3S/c11-1(2(12)4(15,16)17)3(13,14)5(18,19)6(20,21)7(22,23)8(24,25)9(26,27)10(28,29)33(30,31)32/h(H,30,31,32)/b2-1+. The van der Waals surface area contributed by atoms with Gasteiger partial charge in [-0.2, -0.15) is 87.4 Å². The molecule has 0 rings (SSSR count). The van der Waals surface area contributed by atoms with Crippen molar-refractivity contribution in [3.05, 3.63) is 11.7 Å². The van der Waals surface area contributed by atoms with Crippen LogP contribution in [0, 0.1) is 0 Å². The van der Waals surface area contributed by atoms with Gasteiger partial charge in [0.25, 0.3) is 0 Å². The van der Waals surface area contributed by atoms with E-state index < -0.39 is 68.7 Å². The van der Waals surface area contributed by atoms with Crippen molar-refractivity contribution in [2.24, 2.45) is 0 Å². The molecule has 0 aromatic carbocycles. The summed E-state index contributed by atoms with van der Waals surface area (Å²) in [6.07, 6.45) is -7.06. The molecule has 33 heavy (non-hydrogen) atoms. The first-order chi connectivity index (χ1) is 13.8. The van der Waals surface area contributed by atoms with Crippen molar-refractivity contribution in [2.45, 2.75) is 47.0 Å². The largest absolute Gasteiger partial charge is 0.445 e. The summed E-state index contributed by atoms with van der Waals surface area (Å²) in [5.41, 5.74) is 0. The van der Waals surface area contributed by atoms with E-state index in [-0.39, 0.29) is 0 Å². The van der Waals surface area contributed by atoms with E-state index in [1.165, 1.54) is 0 Å². The number of allylic oxidation sites excluding steroid dienone is 2. The van der Waals surface area contributed by atoms with E-state index in [0.29, 0.717) is 0 Å². The third kappa shape index (κ3) is 4.07. The van der Waals surface area contributed by atoms with Gasteiger partial charge in [-0.15, -0.1) is 0 Å². The quantitative estimate of drug-likeness (QED) is 0.292. The molecule has 23 heteroatoms. The minimum absolute atomic E-state index is 5.01. The van der Waals surface area contributed by atoms with Gasteiger partial charge in [0, 0.05) is 0 Å². The van der Waals surface area contributed by atoms with E-state index in [1.54, 1.807) is 0 Å². The predicted octanol–water partition coefficient (Wildman–Crippen LogP) is 5.99. The second-order valence-corrected chi connectivity index (χ2v) is 7.03. The summed E-state index contributed by atoms with van der Waals surface area (Å²) in [5, 5.41) is -7.92. The summed E-state index contributed by atoms with van der Waals surface area (Å²) in [6.45, 7) is 0. The van der Waals surface area contributed by atoms with Crippen LogP contribution in [0.1, 0.15) is 0 Å². The zero-order valence-corrected chi connectivity index (χ0v) is 14.7. The molecule has 0 aliphatic carbocycles. The highest BCUT2D eigenvalue weighted by Crippen LogP contribution is 2.63. The third-order valence-corrected chi connectivity index (χ3v) is 4.28. The van der Waals surface area contributed by atoms with Crippen LogP contribution in [0.2, 0.25) is 0 Å². The Kier molecular flexibility index (Phi) is 7.27. The number of hydrogen-bond donors (Lipinski definition) is 1. The maximum Gasteiger partial charge on any atom is 0.445 e. The first-order valence-corrected chi connectivity index (χ1v) is 8.00. The van der Waals surface area contributed by atoms with Gasteiger partial charge in [-0.05, 0) is 0 Å². The Bertz CT molecular complexity index is 895. The molecule has 0 unspecified atom stereocenters. The third-order valence-electron chi connectivity index (χ3n) is 3.38. The molecule has 0 amide bonds. The molecule has 0 saturated heterocycles. The molecule has 0 bridgehead atoms. The molecule has 0 aromatic heterocycles. The molecule has 1 N–H and O–H groups in total. The van der Waals surface area contributed by atoms with Crippen LogP contribution in [0.4, 0.5) is 83.4 Å². The fraction of sp³-hybridized carbons (Fsp3) is 0.800. The number of hydrogen-bond acceptors (Lipinski definition) is 2. The van der Waals surface area contributed by atoms with Gasteiger partial charge < -0.3 is 0 Å². The molecule has 0 radical (unpaired) electrons. The molecule has 0 atom stereocenters. The smallest absolute Gasteiger partial charge is 0.281 e. The number of rotatable bonds is 8. The van der Waals surface area contributed by atoms with Crippen molar-refractivity contribution in [2.75, 3.05) is 0 Å². The van der Waals surface area contributed by atoms with Crippen LogP contribution in [0.25, 0.3) is 0 Å². The van der Waals surface area contributed by atoms with Crippen molar-refractivity contribution in [3.8, 4) is 0 Å². The molecule has 0 aliphatic heterocycles. The van der Waals surface area contributed by atoms with E-state index in [2.05, 4.69) is 0 Å². The average molecular weight is 562 g/mol. The van der Waals surface area contributed by atoms with Crippen LogP contribution in [-0.2, 0) is 10.1 Å². The minimum atomic E-state index is -9.00. The maximum atomic E-state index is 13.3. The van der Waals surface area contributed by atoms with Gasteiger partial charge in [0.15, 0.2) is 0 Å². The number of halogens is 19. The van der Waals surface area contributed by atoms with E-state index in [9.17, 15) is 91.8 Å². The van der Waals surface area contributed by atoms with E-state index >= 15 is 0 Å². The molecular weight excluding hydrogens is 561 g/mol. The number of alkyl halides is 17. The Morgan fingerprint density at radius 2 is 0.758 bits per heavy atom. The van der Waals surface area contributed by atoms with Crippen LogP contribution < -0.4 is 0 Å². The van der Waals surface area contributed by atoms with Gasteiger partial charge in [0.1, 0.15) is 0 Å². The lowest BCUT2D eigenvalue weighted by atomic mass is 9.90. The molecule has 0 saturated carbocycles. The lowest BCUT2D eigenvalue weighted by Crippen LogP contribution is -2.73. The Morgan fingerprint density at radius 1 is 0.485 bits per heavy atom. The highest BCUT2D eigenvalue weighted by atomic mass is 32.2. The summed E-state index contributed by atoms with van der Waals surface area (Å²) in [7, 11) is -7.97. The molecule has 0 spiro atoms. The van der Waals surface area contributed by atoms with Crippen molar-refractivity contribution < 1.29 is 96.4 Å². The topological polar surface area (TPSA) is 54.4 Å². The molecule has 0 fully saturated rings. The van der Waals surface area contributed by atoms with E-state index in [0.717, 1.165) is 0 Å². The summed E-state index contributed by atoms with van der Waals surface area (Å²) >= 11 is 0. The monoisotopic (exact) mass is 562 g/mol. The second-order valence-electron chi connectivity index (χ2n) is 5.56. The van der Waals surface area contributed by atoms with Gasteiger partial charge in [0.05, 0.1) is 0 Å². The first-order valence-electron chi connectivity index (χ1n) is 6.56. The van der Waals surface area contributed by atoms with Crippen molar-refractivity contribution >= 4 is 10.1 Å². The summed E-state index contributed by atoms with van der Waals surface area (Å²) < 4.78 is 272. The van der Waals surface area contributed by atoms with Crippen LogP contribution in [0.5, 0.6) is 0 Å². The zero-order valence-electron chi connectivity index (χ0n) is 13.9. The highest BCUT2D eigenvalue weighted by Gasteiger charge is 2.94. The molecule has 0 heterocycles. The molecule has 0 aromatic rings. The van der Waals surface area contributed by atoms with Gasteiger partial charge in [0.2, 0.25) is 11.7 Å². The van der Waals surface area contributed by atoms with Crippen molar-refractivity contribution in [1.82, 2.24) is 0 Å². The summed E-state index contributed by atoms with van der Waals surface area (Å²) in [5.74, 6) is -62.7. The molecule has 3 nitrogen and oxygen atoms in total. The SMILES string of the molecule is O=S(=O)(O)C(F)(F)C(F)(F)C(F)(F)C(F)(F)C(F)(F)C(F)(F)C(F)(F)/C(F)=C(\F)C(F)(F)F. The first kappa shape index (κ1) is 31.3. The maximum absolute atomic E-state index is 13.3. The van der Waals surface area contributed by atoms with Gasteiger partial charge in [-0.25, -0.2) is 4.39 Å². The van der Waals surface area contributed by atoms with E-state index in [1.807, 2.05) is 0 Å². The lowest BCUT2D eigenvalue weighted by Gasteiger charge is -2.41. The van der Waals surface area contributed by atoms with Crippen LogP contribution in [-0.4, -0.2) is 59.9 Å². The van der Waals surface area contributed by atoms with Crippen LogP contribution in [0.3, 0.4) is 0 Å². The Balaban J connectivity index is 7.09. The van der Waals surface area contributed by atoms with Gasteiger partial charge in [-0.3, -0.25) is 4.55 Å². The van der Waals surface area contributed by atoms with Crippen molar-refractivity contribution in [3.63, 3.8) is 0 Å². The zero-order chi connectivity index (χ0) is 27.7. The van der Waals surface area contributed by atoms with Crippen LogP contribution >= 0.6 is 0 Å².